The van der Waals surface area contributed by atoms with Crippen LogP contribution in [0, 0.1) is 0 Å². The van der Waals surface area contributed by atoms with Gasteiger partial charge in [0.15, 0.2) is 0 Å². The van der Waals surface area contributed by atoms with Crippen LogP contribution >= 0.6 is 0 Å². The van der Waals surface area contributed by atoms with Crippen molar-refractivity contribution in [2.45, 2.75) is 58.8 Å². The Kier molecular flexibility index (Phi) is 10.8. The van der Waals surface area contributed by atoms with Crippen LogP contribution in [0.3, 0.4) is 0 Å². The molecule has 0 rings (SSSR count). The minimum atomic E-state index is -0.265. The van der Waals surface area contributed by atoms with Gasteiger partial charge in [-0.25, -0.2) is 4.79 Å². The van der Waals surface area contributed by atoms with E-state index < -0.39 is 0 Å². The lowest BCUT2D eigenvalue weighted by Crippen LogP contribution is -2.25. The Morgan fingerprint density at radius 2 is 1.67 bits per heavy atom. The van der Waals surface area contributed by atoms with E-state index in [2.05, 4.69) is 19.2 Å². The Balaban J connectivity index is 3.10. The van der Waals surface area contributed by atoms with Crippen molar-refractivity contribution in [1.29, 1.82) is 0 Å². The summed E-state index contributed by atoms with van der Waals surface area (Å²) in [6, 6.07) is 0. The van der Waals surface area contributed by atoms with Crippen LogP contribution in [-0.2, 0) is 4.74 Å². The average Bonchev–Trinajstić information content (AvgIpc) is 2.23. The number of carbonyl (C=O) groups excluding carboxylic acids is 1. The monoisotopic (exact) mass is 215 g/mol. The summed E-state index contributed by atoms with van der Waals surface area (Å²) in [6.45, 7) is 5.57. The molecule has 0 radical (unpaired) electrons. The molecule has 0 fully saturated rings. The van der Waals surface area contributed by atoms with Crippen LogP contribution in [0.15, 0.2) is 0 Å². The molecule has 0 atom stereocenters. The van der Waals surface area contributed by atoms with Crippen LogP contribution in [0.4, 0.5) is 4.79 Å². The molecule has 1 N–H and O–H groups in total. The molecule has 3 nitrogen and oxygen atoms in total. The van der Waals surface area contributed by atoms with E-state index in [4.69, 9.17) is 4.74 Å². The van der Waals surface area contributed by atoms with E-state index >= 15 is 0 Å². The maximum atomic E-state index is 11.1. The SMILES string of the molecule is CCCCCCCOC(=O)NCCCC. The third-order valence-corrected chi connectivity index (χ3v) is 2.28. The van der Waals surface area contributed by atoms with Crippen molar-refractivity contribution < 1.29 is 9.53 Å². The lowest BCUT2D eigenvalue weighted by atomic mass is 10.2. The number of unbranched alkanes of at least 4 members (excludes halogenated alkanes) is 5. The summed E-state index contributed by atoms with van der Waals surface area (Å²) >= 11 is 0. The zero-order valence-corrected chi connectivity index (χ0v) is 10.2. The van der Waals surface area contributed by atoms with E-state index in [1.807, 2.05) is 0 Å². The Morgan fingerprint density at radius 3 is 2.33 bits per heavy atom. The highest BCUT2D eigenvalue weighted by Gasteiger charge is 1.99. The summed E-state index contributed by atoms with van der Waals surface area (Å²) in [5.41, 5.74) is 0. The lowest BCUT2D eigenvalue weighted by molar-refractivity contribution is 0.143. The van der Waals surface area contributed by atoms with E-state index in [9.17, 15) is 4.79 Å². The number of ether oxygens (including phenoxy) is 1. The van der Waals surface area contributed by atoms with Crippen molar-refractivity contribution in [1.82, 2.24) is 5.32 Å². The number of amides is 1. The van der Waals surface area contributed by atoms with Gasteiger partial charge in [-0.1, -0.05) is 46.0 Å². The fourth-order valence-corrected chi connectivity index (χ4v) is 1.29. The molecule has 3 heteroatoms. The molecular formula is C12H25NO2. The summed E-state index contributed by atoms with van der Waals surface area (Å²) in [5.74, 6) is 0. The summed E-state index contributed by atoms with van der Waals surface area (Å²) in [5, 5.41) is 2.72. The normalized spacial score (nSPS) is 10.0. The van der Waals surface area contributed by atoms with Crippen molar-refractivity contribution >= 4 is 6.09 Å². The molecule has 0 aromatic heterocycles. The van der Waals surface area contributed by atoms with E-state index in [0.717, 1.165) is 32.2 Å². The van der Waals surface area contributed by atoms with Crippen molar-refractivity contribution in [3.63, 3.8) is 0 Å². The Bertz CT molecular complexity index is 149. The molecular weight excluding hydrogens is 190 g/mol. The van der Waals surface area contributed by atoms with Gasteiger partial charge in [-0.2, -0.15) is 0 Å². The average molecular weight is 215 g/mol. The minimum Gasteiger partial charge on any atom is -0.450 e. The second-order valence-electron chi connectivity index (χ2n) is 3.83. The molecule has 0 spiro atoms. The first kappa shape index (κ1) is 14.3. The van der Waals surface area contributed by atoms with Gasteiger partial charge < -0.3 is 10.1 Å². The molecule has 15 heavy (non-hydrogen) atoms. The highest BCUT2D eigenvalue weighted by atomic mass is 16.5. The maximum Gasteiger partial charge on any atom is 0.407 e. The van der Waals surface area contributed by atoms with Gasteiger partial charge in [-0.15, -0.1) is 0 Å². The van der Waals surface area contributed by atoms with Gasteiger partial charge in [0.1, 0.15) is 0 Å². The highest BCUT2D eigenvalue weighted by Crippen LogP contribution is 2.02. The maximum absolute atomic E-state index is 11.1. The topological polar surface area (TPSA) is 38.3 Å². The van der Waals surface area contributed by atoms with Gasteiger partial charge in [0.2, 0.25) is 0 Å². The first-order chi connectivity index (χ1) is 7.31. The van der Waals surface area contributed by atoms with E-state index in [0.29, 0.717) is 6.61 Å². The molecule has 0 saturated carbocycles. The fourth-order valence-electron chi connectivity index (χ4n) is 1.29. The van der Waals surface area contributed by atoms with Crippen molar-refractivity contribution in [3.8, 4) is 0 Å². The molecule has 0 aliphatic rings. The van der Waals surface area contributed by atoms with Crippen LogP contribution in [0.1, 0.15) is 58.8 Å². The molecule has 0 unspecified atom stereocenters. The second-order valence-corrected chi connectivity index (χ2v) is 3.83. The smallest absolute Gasteiger partial charge is 0.407 e. The van der Waals surface area contributed by atoms with Crippen LogP contribution in [0.5, 0.6) is 0 Å². The van der Waals surface area contributed by atoms with Crippen LogP contribution in [-0.4, -0.2) is 19.2 Å². The quantitative estimate of drug-likeness (QED) is 0.598. The molecule has 0 aliphatic carbocycles. The van der Waals surface area contributed by atoms with Crippen molar-refractivity contribution in [2.75, 3.05) is 13.2 Å². The fraction of sp³-hybridized carbons (Fsp3) is 0.917. The Morgan fingerprint density at radius 1 is 1.00 bits per heavy atom. The molecule has 90 valence electrons. The summed E-state index contributed by atoms with van der Waals surface area (Å²) in [6.07, 6.45) is 7.78. The molecule has 0 aromatic rings. The standard InChI is InChI=1S/C12H25NO2/c1-3-5-7-8-9-11-15-12(14)13-10-6-4-2/h3-11H2,1-2H3,(H,13,14). The number of carbonyl (C=O) groups is 1. The van der Waals surface area contributed by atoms with Crippen molar-refractivity contribution in [3.05, 3.63) is 0 Å². The first-order valence-corrected chi connectivity index (χ1v) is 6.21. The predicted octanol–water partition coefficient (Wildman–Crippen LogP) is 3.48. The van der Waals surface area contributed by atoms with E-state index in [1.54, 1.807) is 0 Å². The van der Waals surface area contributed by atoms with Gasteiger partial charge >= 0.3 is 6.09 Å². The number of hydrogen-bond acceptors (Lipinski definition) is 2. The van der Waals surface area contributed by atoms with Gasteiger partial charge in [-0.3, -0.25) is 0 Å². The van der Waals surface area contributed by atoms with Gasteiger partial charge in [-0.05, 0) is 12.8 Å². The van der Waals surface area contributed by atoms with Gasteiger partial charge in [0, 0.05) is 6.54 Å². The Labute approximate surface area is 93.6 Å². The number of alkyl carbamates (subject to hydrolysis) is 1. The van der Waals surface area contributed by atoms with Gasteiger partial charge in [0.25, 0.3) is 0 Å². The molecule has 0 aromatic carbocycles. The van der Waals surface area contributed by atoms with E-state index in [-0.39, 0.29) is 6.09 Å². The molecule has 0 saturated heterocycles. The second kappa shape index (κ2) is 11.3. The minimum absolute atomic E-state index is 0.265. The summed E-state index contributed by atoms with van der Waals surface area (Å²) in [4.78, 5) is 11.1. The Hall–Kier alpha value is -0.730. The zero-order valence-electron chi connectivity index (χ0n) is 10.2. The van der Waals surface area contributed by atoms with Crippen LogP contribution in [0.2, 0.25) is 0 Å². The molecule has 0 bridgehead atoms. The summed E-state index contributed by atoms with van der Waals surface area (Å²) in [7, 11) is 0. The molecule has 0 heterocycles. The van der Waals surface area contributed by atoms with E-state index in [1.165, 1.54) is 19.3 Å². The molecule has 1 amide bonds. The number of nitrogens with one attached hydrogen (secondary N) is 1. The lowest BCUT2D eigenvalue weighted by Gasteiger charge is -2.05. The van der Waals surface area contributed by atoms with Crippen LogP contribution in [0.25, 0.3) is 0 Å². The predicted molar refractivity (Wildman–Crippen MR) is 63.0 cm³/mol. The number of hydrogen-bond donors (Lipinski definition) is 1. The molecule has 0 aliphatic heterocycles. The zero-order chi connectivity index (χ0) is 11.4. The largest absolute Gasteiger partial charge is 0.450 e. The summed E-state index contributed by atoms with van der Waals surface area (Å²) < 4.78 is 5.02. The third kappa shape index (κ3) is 11.2. The van der Waals surface area contributed by atoms with Crippen molar-refractivity contribution in [2.24, 2.45) is 0 Å². The third-order valence-electron chi connectivity index (χ3n) is 2.28. The highest BCUT2D eigenvalue weighted by molar-refractivity contribution is 5.66. The van der Waals surface area contributed by atoms with Gasteiger partial charge in [0.05, 0.1) is 6.61 Å². The number of rotatable bonds is 9. The van der Waals surface area contributed by atoms with Crippen LogP contribution < -0.4 is 5.32 Å². The first-order valence-electron chi connectivity index (χ1n) is 6.21.